The van der Waals surface area contributed by atoms with Gasteiger partial charge in [0.25, 0.3) is 0 Å². The van der Waals surface area contributed by atoms with Gasteiger partial charge in [-0.1, -0.05) is 37.3 Å². The third-order valence-corrected chi connectivity index (χ3v) is 7.08. The van der Waals surface area contributed by atoms with Crippen LogP contribution in [0.2, 0.25) is 0 Å². The van der Waals surface area contributed by atoms with E-state index in [9.17, 15) is 22.4 Å². The van der Waals surface area contributed by atoms with Crippen LogP contribution in [0, 0.1) is 5.82 Å². The number of hydrogen-bond donors (Lipinski definition) is 1. The fourth-order valence-corrected chi connectivity index (χ4v) is 4.59. The van der Waals surface area contributed by atoms with Crippen LogP contribution in [0.25, 0.3) is 0 Å². The Labute approximate surface area is 189 Å². The van der Waals surface area contributed by atoms with E-state index in [-0.39, 0.29) is 42.0 Å². The zero-order valence-corrected chi connectivity index (χ0v) is 19.4. The Bertz CT molecular complexity index is 998. The molecule has 0 saturated carbocycles. The second-order valence-corrected chi connectivity index (χ2v) is 9.47. The summed E-state index contributed by atoms with van der Waals surface area (Å²) in [6.07, 6.45) is 0.781. The molecule has 0 saturated heterocycles. The van der Waals surface area contributed by atoms with Gasteiger partial charge >= 0.3 is 0 Å². The predicted octanol–water partition coefficient (Wildman–Crippen LogP) is 2.78. The lowest BCUT2D eigenvalue weighted by molar-refractivity contribution is -0.141. The molecule has 0 unspecified atom stereocenters. The van der Waals surface area contributed by atoms with Gasteiger partial charge in [-0.2, -0.15) is 0 Å². The van der Waals surface area contributed by atoms with E-state index in [1.807, 2.05) is 6.92 Å². The van der Waals surface area contributed by atoms with E-state index in [1.165, 1.54) is 47.6 Å². The molecule has 2 amide bonds. The molecule has 0 radical (unpaired) electrons. The third kappa shape index (κ3) is 6.61. The highest BCUT2D eigenvalue weighted by molar-refractivity contribution is 7.89. The van der Waals surface area contributed by atoms with Crippen molar-refractivity contribution >= 4 is 21.8 Å². The highest BCUT2D eigenvalue weighted by Gasteiger charge is 2.28. The van der Waals surface area contributed by atoms with Crippen molar-refractivity contribution in [1.82, 2.24) is 14.5 Å². The largest absolute Gasteiger partial charge is 0.357 e. The summed E-state index contributed by atoms with van der Waals surface area (Å²) in [5, 5.41) is 2.58. The molecule has 0 spiro atoms. The van der Waals surface area contributed by atoms with E-state index >= 15 is 0 Å². The van der Waals surface area contributed by atoms with Crippen LogP contribution in [0.5, 0.6) is 0 Å². The van der Waals surface area contributed by atoms with E-state index < -0.39 is 16.1 Å². The summed E-state index contributed by atoms with van der Waals surface area (Å²) in [5.74, 6) is -0.936. The minimum atomic E-state index is -3.64. The zero-order valence-electron chi connectivity index (χ0n) is 18.6. The average Bonchev–Trinajstić information content (AvgIpc) is 2.80. The van der Waals surface area contributed by atoms with Crippen molar-refractivity contribution in [3.05, 3.63) is 66.0 Å². The summed E-state index contributed by atoms with van der Waals surface area (Å²) >= 11 is 0. The number of benzene rings is 2. The molecule has 2 rings (SSSR count). The fraction of sp³-hybridized carbons (Fsp3) is 0.391. The van der Waals surface area contributed by atoms with Gasteiger partial charge in [0.05, 0.1) is 4.90 Å². The lowest BCUT2D eigenvalue weighted by Gasteiger charge is -2.30. The maximum atomic E-state index is 13.3. The lowest BCUT2D eigenvalue weighted by Crippen LogP contribution is -2.48. The van der Waals surface area contributed by atoms with E-state index in [2.05, 4.69) is 5.32 Å². The van der Waals surface area contributed by atoms with Crippen LogP contribution in [-0.2, 0) is 26.2 Å². The molecule has 0 bridgehead atoms. The van der Waals surface area contributed by atoms with Gasteiger partial charge in [0.15, 0.2) is 0 Å². The van der Waals surface area contributed by atoms with Gasteiger partial charge in [-0.3, -0.25) is 9.59 Å². The Balaban J connectivity index is 2.08. The molecular formula is C23H30FN3O4S. The lowest BCUT2D eigenvalue weighted by atomic mass is 10.1. The first-order chi connectivity index (χ1) is 15.2. The van der Waals surface area contributed by atoms with Crippen molar-refractivity contribution in [1.29, 1.82) is 0 Å². The van der Waals surface area contributed by atoms with Crippen LogP contribution in [0.3, 0.4) is 0 Å². The predicted molar refractivity (Wildman–Crippen MR) is 121 cm³/mol. The molecule has 2 aromatic rings. The molecule has 9 heteroatoms. The van der Waals surface area contributed by atoms with Crippen LogP contribution >= 0.6 is 0 Å². The van der Waals surface area contributed by atoms with Crippen molar-refractivity contribution in [2.75, 3.05) is 20.6 Å². The molecule has 0 aliphatic heterocycles. The number of halogens is 1. The van der Waals surface area contributed by atoms with Crippen molar-refractivity contribution in [2.24, 2.45) is 0 Å². The molecule has 2 aromatic carbocycles. The van der Waals surface area contributed by atoms with Crippen molar-refractivity contribution in [3.8, 4) is 0 Å². The number of rotatable bonds is 11. The minimum absolute atomic E-state index is 0.0728. The van der Waals surface area contributed by atoms with Crippen LogP contribution in [0.15, 0.2) is 59.5 Å². The minimum Gasteiger partial charge on any atom is -0.357 e. The maximum absolute atomic E-state index is 13.3. The molecule has 174 valence electrons. The molecule has 32 heavy (non-hydrogen) atoms. The fourth-order valence-electron chi connectivity index (χ4n) is 3.36. The molecule has 0 heterocycles. The number of carbonyl (C=O) groups excluding carboxylic acids is 2. The molecule has 0 aromatic heterocycles. The topological polar surface area (TPSA) is 86.8 Å². The number of amides is 2. The monoisotopic (exact) mass is 463 g/mol. The Morgan fingerprint density at radius 2 is 1.69 bits per heavy atom. The third-order valence-electron chi connectivity index (χ3n) is 5.21. The highest BCUT2D eigenvalue weighted by atomic mass is 32.2. The SMILES string of the molecule is CC[C@@H](C(=O)NC)N(Cc1ccc(F)cc1)C(=O)CCCN(C)S(=O)(=O)c1ccccc1. The van der Waals surface area contributed by atoms with Crippen LogP contribution in [0.1, 0.15) is 31.7 Å². The van der Waals surface area contributed by atoms with Crippen molar-refractivity contribution in [3.63, 3.8) is 0 Å². The first kappa shape index (κ1) is 25.5. The number of hydrogen-bond acceptors (Lipinski definition) is 4. The molecule has 0 fully saturated rings. The summed E-state index contributed by atoms with van der Waals surface area (Å²) in [6, 6.07) is 13.2. The van der Waals surface area contributed by atoms with Gasteiger partial charge in [0, 0.05) is 33.6 Å². The first-order valence-corrected chi connectivity index (χ1v) is 11.9. The maximum Gasteiger partial charge on any atom is 0.242 e. The Morgan fingerprint density at radius 3 is 2.25 bits per heavy atom. The zero-order chi connectivity index (χ0) is 23.7. The first-order valence-electron chi connectivity index (χ1n) is 10.5. The summed E-state index contributed by atoms with van der Waals surface area (Å²) in [6.45, 7) is 2.12. The molecule has 1 N–H and O–H groups in total. The second-order valence-electron chi connectivity index (χ2n) is 7.43. The molecule has 0 aliphatic rings. The van der Waals surface area contributed by atoms with E-state index in [1.54, 1.807) is 30.3 Å². The average molecular weight is 464 g/mol. The number of likely N-dealkylation sites (N-methyl/N-ethyl adjacent to an activating group) is 1. The van der Waals surface area contributed by atoms with Crippen molar-refractivity contribution < 1.29 is 22.4 Å². The number of nitrogens with zero attached hydrogens (tertiary/aromatic N) is 2. The van der Waals surface area contributed by atoms with Gasteiger partial charge in [0.1, 0.15) is 11.9 Å². The number of sulfonamides is 1. The summed E-state index contributed by atoms with van der Waals surface area (Å²) in [7, 11) is -0.656. The Hall–Kier alpha value is -2.78. The van der Waals surface area contributed by atoms with Crippen LogP contribution in [-0.4, -0.2) is 56.1 Å². The smallest absolute Gasteiger partial charge is 0.242 e. The Morgan fingerprint density at radius 1 is 1.06 bits per heavy atom. The van der Waals surface area contributed by atoms with Crippen molar-refractivity contribution in [2.45, 2.75) is 43.7 Å². The summed E-state index contributed by atoms with van der Waals surface area (Å²) in [4.78, 5) is 27.1. The van der Waals surface area contributed by atoms with Gasteiger partial charge in [-0.05, 0) is 42.7 Å². The molecule has 1 atom stereocenters. The van der Waals surface area contributed by atoms with E-state index in [4.69, 9.17) is 0 Å². The summed E-state index contributed by atoms with van der Waals surface area (Å²) < 4.78 is 39.8. The highest BCUT2D eigenvalue weighted by Crippen LogP contribution is 2.17. The second kappa shape index (κ2) is 11.7. The Kier molecular flexibility index (Phi) is 9.34. The van der Waals surface area contributed by atoms with Gasteiger partial charge in [-0.25, -0.2) is 17.1 Å². The van der Waals surface area contributed by atoms with E-state index in [0.29, 0.717) is 18.4 Å². The molecule has 0 aliphatic carbocycles. The molecule has 7 nitrogen and oxygen atoms in total. The van der Waals surface area contributed by atoms with Crippen LogP contribution in [0.4, 0.5) is 4.39 Å². The normalized spacial score (nSPS) is 12.4. The van der Waals surface area contributed by atoms with Gasteiger partial charge in [-0.15, -0.1) is 0 Å². The molecular weight excluding hydrogens is 433 g/mol. The van der Waals surface area contributed by atoms with E-state index in [0.717, 1.165) is 0 Å². The van der Waals surface area contributed by atoms with Gasteiger partial charge < -0.3 is 10.2 Å². The summed E-state index contributed by atoms with van der Waals surface area (Å²) in [5.41, 5.74) is 0.700. The number of carbonyl (C=O) groups is 2. The quantitative estimate of drug-likeness (QED) is 0.555. The number of nitrogens with one attached hydrogen (secondary N) is 1. The van der Waals surface area contributed by atoms with Gasteiger partial charge in [0.2, 0.25) is 21.8 Å². The standard InChI is InChI=1S/C23H30FN3O4S/c1-4-21(23(29)25-2)27(17-18-12-14-19(24)15-13-18)22(28)11-8-16-26(3)32(30,31)20-9-6-5-7-10-20/h5-7,9-10,12-15,21H,4,8,11,16-17H2,1-3H3,(H,25,29)/t21-/m0/s1. The van der Waals surface area contributed by atoms with Crippen LogP contribution < -0.4 is 5.32 Å².